The van der Waals surface area contributed by atoms with E-state index in [0.29, 0.717) is 19.7 Å². The van der Waals surface area contributed by atoms with Crippen molar-refractivity contribution in [1.82, 2.24) is 4.90 Å². The van der Waals surface area contributed by atoms with Crippen LogP contribution in [-0.2, 0) is 14.3 Å². The fraction of sp³-hybridized carbons (Fsp3) is 0.889. The number of carbonyl (C=O) groups excluding carboxylic acids is 1. The molecule has 1 rings (SSSR count). The van der Waals surface area contributed by atoms with Crippen molar-refractivity contribution in [3.63, 3.8) is 0 Å². The van der Waals surface area contributed by atoms with E-state index in [1.54, 1.807) is 4.90 Å². The third-order valence-electron chi connectivity index (χ3n) is 2.33. The average Bonchev–Trinajstić information content (AvgIpc) is 2.19. The van der Waals surface area contributed by atoms with E-state index in [1.807, 2.05) is 6.92 Å². The normalized spacial score (nSPS) is 24.8. The largest absolute Gasteiger partial charge is 0.375 e. The van der Waals surface area contributed by atoms with Crippen molar-refractivity contribution in [2.45, 2.75) is 19.1 Å². The van der Waals surface area contributed by atoms with Crippen LogP contribution >= 0.6 is 0 Å². The lowest BCUT2D eigenvalue weighted by molar-refractivity contribution is -0.148. The van der Waals surface area contributed by atoms with Gasteiger partial charge in [0.1, 0.15) is 6.10 Å². The fourth-order valence-corrected chi connectivity index (χ4v) is 1.52. The molecule has 0 aromatic rings. The zero-order valence-corrected chi connectivity index (χ0v) is 8.73. The zero-order valence-electron chi connectivity index (χ0n) is 8.73. The average molecular weight is 202 g/mol. The lowest BCUT2D eigenvalue weighted by Gasteiger charge is -2.33. The topological polar surface area (TPSA) is 64.8 Å². The minimum Gasteiger partial charge on any atom is -0.375 e. The molecule has 2 unspecified atom stereocenters. The second-order valence-electron chi connectivity index (χ2n) is 3.43. The third kappa shape index (κ3) is 2.67. The molecule has 2 N–H and O–H groups in total. The summed E-state index contributed by atoms with van der Waals surface area (Å²) in [4.78, 5) is 13.5. The molecule has 1 saturated heterocycles. The maximum atomic E-state index is 11.8. The van der Waals surface area contributed by atoms with Crippen LogP contribution in [0.3, 0.4) is 0 Å². The molecule has 0 saturated carbocycles. The van der Waals surface area contributed by atoms with Crippen LogP contribution in [0.2, 0.25) is 0 Å². The van der Waals surface area contributed by atoms with Crippen molar-refractivity contribution < 1.29 is 14.3 Å². The molecule has 14 heavy (non-hydrogen) atoms. The van der Waals surface area contributed by atoms with Crippen LogP contribution in [0.15, 0.2) is 0 Å². The minimum atomic E-state index is -0.514. The summed E-state index contributed by atoms with van der Waals surface area (Å²) in [5, 5.41) is 0. The molecule has 0 spiro atoms. The number of nitrogens with zero attached hydrogens (tertiary/aromatic N) is 1. The monoisotopic (exact) mass is 202 g/mol. The molecule has 2 atom stereocenters. The van der Waals surface area contributed by atoms with Gasteiger partial charge in [0.15, 0.2) is 0 Å². The van der Waals surface area contributed by atoms with Crippen LogP contribution in [-0.4, -0.2) is 56.4 Å². The summed E-state index contributed by atoms with van der Waals surface area (Å²) < 4.78 is 10.3. The molecule has 5 nitrogen and oxygen atoms in total. The molecule has 1 heterocycles. The molecular formula is C9H18N2O3. The van der Waals surface area contributed by atoms with Crippen LogP contribution in [0.1, 0.15) is 6.92 Å². The highest BCUT2D eigenvalue weighted by Gasteiger charge is 2.26. The van der Waals surface area contributed by atoms with Gasteiger partial charge in [-0.05, 0) is 6.92 Å². The number of amides is 1. The Morgan fingerprint density at radius 1 is 1.79 bits per heavy atom. The molecule has 0 aliphatic carbocycles. The van der Waals surface area contributed by atoms with Gasteiger partial charge in [-0.3, -0.25) is 4.79 Å². The first-order chi connectivity index (χ1) is 6.69. The molecule has 0 aromatic carbocycles. The summed E-state index contributed by atoms with van der Waals surface area (Å²) in [6.45, 7) is 4.01. The van der Waals surface area contributed by atoms with Gasteiger partial charge in [-0.1, -0.05) is 0 Å². The number of ether oxygens (including phenoxy) is 2. The van der Waals surface area contributed by atoms with E-state index in [2.05, 4.69) is 0 Å². The van der Waals surface area contributed by atoms with Gasteiger partial charge in [-0.2, -0.15) is 0 Å². The molecule has 0 aromatic heterocycles. The number of hydrogen-bond donors (Lipinski definition) is 1. The Hall–Kier alpha value is -0.650. The van der Waals surface area contributed by atoms with Gasteiger partial charge in [-0.25, -0.2) is 0 Å². The second kappa shape index (κ2) is 5.29. The van der Waals surface area contributed by atoms with Crippen LogP contribution in [0.25, 0.3) is 0 Å². The van der Waals surface area contributed by atoms with Crippen molar-refractivity contribution in [2.24, 2.45) is 5.73 Å². The summed E-state index contributed by atoms with van der Waals surface area (Å²) in [5.41, 5.74) is 5.42. The van der Waals surface area contributed by atoms with Crippen LogP contribution in [0.4, 0.5) is 0 Å². The molecule has 5 heteroatoms. The maximum Gasteiger partial charge on any atom is 0.253 e. The van der Waals surface area contributed by atoms with Crippen molar-refractivity contribution in [2.75, 3.05) is 33.4 Å². The number of rotatable bonds is 3. The Bertz CT molecular complexity index is 194. The zero-order chi connectivity index (χ0) is 10.6. The summed E-state index contributed by atoms with van der Waals surface area (Å²) in [6, 6.07) is 0. The van der Waals surface area contributed by atoms with Gasteiger partial charge < -0.3 is 20.1 Å². The van der Waals surface area contributed by atoms with Crippen LogP contribution in [0.5, 0.6) is 0 Å². The van der Waals surface area contributed by atoms with Crippen molar-refractivity contribution in [3.8, 4) is 0 Å². The van der Waals surface area contributed by atoms with Gasteiger partial charge >= 0.3 is 0 Å². The van der Waals surface area contributed by atoms with E-state index in [4.69, 9.17) is 15.2 Å². The summed E-state index contributed by atoms with van der Waals surface area (Å²) in [6.07, 6.45) is -0.414. The van der Waals surface area contributed by atoms with E-state index < -0.39 is 6.10 Å². The summed E-state index contributed by atoms with van der Waals surface area (Å²) >= 11 is 0. The van der Waals surface area contributed by atoms with Crippen molar-refractivity contribution >= 4 is 5.91 Å². The smallest absolute Gasteiger partial charge is 0.253 e. The molecule has 1 aliphatic rings. The molecular weight excluding hydrogens is 184 g/mol. The number of hydrogen-bond acceptors (Lipinski definition) is 4. The van der Waals surface area contributed by atoms with Crippen LogP contribution in [0, 0.1) is 0 Å². The first kappa shape index (κ1) is 11.4. The van der Waals surface area contributed by atoms with Gasteiger partial charge in [0.25, 0.3) is 5.91 Å². The summed E-state index contributed by atoms with van der Waals surface area (Å²) in [7, 11) is 1.50. The lowest BCUT2D eigenvalue weighted by atomic mass is 10.2. The van der Waals surface area contributed by atoms with Crippen LogP contribution < -0.4 is 5.73 Å². The van der Waals surface area contributed by atoms with E-state index in [0.717, 1.165) is 0 Å². The quantitative estimate of drug-likeness (QED) is 0.651. The van der Waals surface area contributed by atoms with Gasteiger partial charge in [-0.15, -0.1) is 0 Å². The fourth-order valence-electron chi connectivity index (χ4n) is 1.52. The Kier molecular flexibility index (Phi) is 4.31. The SMILES string of the molecule is COC(CN)C(=O)N1CCOC(C)C1. The molecule has 1 amide bonds. The number of carbonyl (C=O) groups is 1. The Labute approximate surface area is 84.1 Å². The predicted molar refractivity (Wildman–Crippen MR) is 51.8 cm³/mol. The third-order valence-corrected chi connectivity index (χ3v) is 2.33. The Morgan fingerprint density at radius 2 is 2.50 bits per heavy atom. The van der Waals surface area contributed by atoms with Gasteiger partial charge in [0.2, 0.25) is 0 Å². The first-order valence-electron chi connectivity index (χ1n) is 4.82. The number of nitrogens with two attached hydrogens (primary N) is 1. The highest BCUT2D eigenvalue weighted by atomic mass is 16.5. The number of morpholine rings is 1. The van der Waals surface area contributed by atoms with Crippen molar-refractivity contribution in [1.29, 1.82) is 0 Å². The van der Waals surface area contributed by atoms with E-state index in [1.165, 1.54) is 7.11 Å². The Morgan fingerprint density at radius 3 is 3.00 bits per heavy atom. The summed E-state index contributed by atoms with van der Waals surface area (Å²) in [5.74, 6) is -0.0369. The van der Waals surface area contributed by atoms with Gasteiger partial charge in [0.05, 0.1) is 12.7 Å². The molecule has 0 radical (unpaired) electrons. The standard InChI is InChI=1S/C9H18N2O3/c1-7-6-11(3-4-14-7)9(12)8(5-10)13-2/h7-8H,3-6,10H2,1-2H3. The van der Waals surface area contributed by atoms with Crippen molar-refractivity contribution in [3.05, 3.63) is 0 Å². The predicted octanol–water partition coefficient (Wildman–Crippen LogP) is -0.793. The molecule has 0 bridgehead atoms. The highest BCUT2D eigenvalue weighted by molar-refractivity contribution is 5.81. The number of methoxy groups -OCH3 is 1. The van der Waals surface area contributed by atoms with E-state index in [-0.39, 0.29) is 18.6 Å². The highest BCUT2D eigenvalue weighted by Crippen LogP contribution is 2.06. The molecule has 82 valence electrons. The first-order valence-corrected chi connectivity index (χ1v) is 4.82. The molecule has 1 aliphatic heterocycles. The maximum absolute atomic E-state index is 11.8. The minimum absolute atomic E-state index is 0.0369. The van der Waals surface area contributed by atoms with E-state index in [9.17, 15) is 4.79 Å². The lowest BCUT2D eigenvalue weighted by Crippen LogP contribution is -2.50. The van der Waals surface area contributed by atoms with Gasteiger partial charge in [0, 0.05) is 26.7 Å². The van der Waals surface area contributed by atoms with E-state index >= 15 is 0 Å². The Balaban J connectivity index is 2.50. The molecule has 1 fully saturated rings. The second-order valence-corrected chi connectivity index (χ2v) is 3.43.